The van der Waals surface area contributed by atoms with Gasteiger partial charge in [0, 0.05) is 40.8 Å². The van der Waals surface area contributed by atoms with E-state index >= 15 is 0 Å². The molecule has 0 radical (unpaired) electrons. The Labute approximate surface area is 115 Å². The number of nitrogen functional groups attached to an aromatic ring is 1. The molecule has 5 heteroatoms. The summed E-state index contributed by atoms with van der Waals surface area (Å²) in [6.45, 7) is 5.02. The molecule has 0 aliphatic heterocycles. The van der Waals surface area contributed by atoms with Crippen LogP contribution < -0.4 is 11.1 Å². The predicted octanol–water partition coefficient (Wildman–Crippen LogP) is 3.04. The summed E-state index contributed by atoms with van der Waals surface area (Å²) in [4.78, 5) is 4.03. The molecule has 1 atom stereocenters. The first-order valence-corrected chi connectivity index (χ1v) is 6.63. The van der Waals surface area contributed by atoms with E-state index in [1.807, 2.05) is 25.5 Å². The van der Waals surface area contributed by atoms with Gasteiger partial charge < -0.3 is 15.6 Å². The summed E-state index contributed by atoms with van der Waals surface area (Å²) in [6.07, 6.45) is 5.57. The van der Waals surface area contributed by atoms with Crippen LogP contribution in [-0.2, 0) is 6.54 Å². The van der Waals surface area contributed by atoms with Gasteiger partial charge in [-0.25, -0.2) is 4.98 Å². The molecule has 0 saturated heterocycles. The Morgan fingerprint density at radius 1 is 1.50 bits per heavy atom. The van der Waals surface area contributed by atoms with Gasteiger partial charge >= 0.3 is 0 Å². The molecule has 96 valence electrons. The molecule has 0 saturated carbocycles. The lowest BCUT2D eigenvalue weighted by molar-refractivity contribution is 0.618. The van der Waals surface area contributed by atoms with Gasteiger partial charge in [0.15, 0.2) is 0 Å². The highest BCUT2D eigenvalue weighted by Crippen LogP contribution is 2.28. The number of aryl methyl sites for hydroxylation is 1. The molecule has 2 rings (SSSR count). The second-order valence-electron chi connectivity index (χ2n) is 4.49. The van der Waals surface area contributed by atoms with Crippen LogP contribution in [0.5, 0.6) is 0 Å². The highest BCUT2D eigenvalue weighted by molar-refractivity contribution is 9.10. The summed E-state index contributed by atoms with van der Waals surface area (Å²) in [5, 5.41) is 3.47. The molecule has 2 aromatic rings. The Morgan fingerprint density at radius 2 is 2.28 bits per heavy atom. The smallest absolute Gasteiger partial charge is 0.0946 e. The third-order valence-corrected chi connectivity index (χ3v) is 3.46. The van der Waals surface area contributed by atoms with Crippen LogP contribution in [0.15, 0.2) is 35.3 Å². The Hall–Kier alpha value is -1.49. The van der Waals surface area contributed by atoms with Crippen molar-refractivity contribution in [1.29, 1.82) is 0 Å². The number of hydrogen-bond acceptors (Lipinski definition) is 3. The Kier molecular flexibility index (Phi) is 3.91. The second kappa shape index (κ2) is 5.44. The van der Waals surface area contributed by atoms with E-state index in [-0.39, 0.29) is 0 Å². The van der Waals surface area contributed by atoms with Gasteiger partial charge in [-0.15, -0.1) is 0 Å². The molecule has 1 aromatic carbocycles. The monoisotopic (exact) mass is 308 g/mol. The fourth-order valence-electron chi connectivity index (χ4n) is 1.83. The minimum absolute atomic E-state index is 0.304. The van der Waals surface area contributed by atoms with E-state index in [0.29, 0.717) is 6.04 Å². The second-order valence-corrected chi connectivity index (χ2v) is 5.35. The summed E-state index contributed by atoms with van der Waals surface area (Å²) in [6, 6.07) is 4.30. The maximum absolute atomic E-state index is 5.86. The van der Waals surface area contributed by atoms with Crippen LogP contribution in [0.4, 0.5) is 11.4 Å². The Balaban J connectivity index is 2.07. The van der Waals surface area contributed by atoms with E-state index in [0.717, 1.165) is 28.0 Å². The summed E-state index contributed by atoms with van der Waals surface area (Å²) >= 11 is 3.53. The molecular weight excluding hydrogens is 292 g/mol. The van der Waals surface area contributed by atoms with Gasteiger partial charge in [-0.2, -0.15) is 0 Å². The Bertz CT molecular complexity index is 522. The van der Waals surface area contributed by atoms with Gasteiger partial charge in [-0.3, -0.25) is 0 Å². The minimum atomic E-state index is 0.304. The van der Waals surface area contributed by atoms with E-state index in [2.05, 4.69) is 43.8 Å². The van der Waals surface area contributed by atoms with Crippen LogP contribution in [0, 0.1) is 6.92 Å². The van der Waals surface area contributed by atoms with E-state index in [9.17, 15) is 0 Å². The molecule has 4 nitrogen and oxygen atoms in total. The maximum atomic E-state index is 5.86. The lowest BCUT2D eigenvalue weighted by Gasteiger charge is -2.18. The van der Waals surface area contributed by atoms with Crippen molar-refractivity contribution < 1.29 is 0 Å². The molecule has 3 N–H and O–H groups in total. The van der Waals surface area contributed by atoms with Gasteiger partial charge in [0.25, 0.3) is 0 Å². The van der Waals surface area contributed by atoms with Crippen LogP contribution in [0.3, 0.4) is 0 Å². The first kappa shape index (κ1) is 13.0. The van der Waals surface area contributed by atoms with Crippen molar-refractivity contribution >= 4 is 27.3 Å². The predicted molar refractivity (Wildman–Crippen MR) is 78.6 cm³/mol. The number of nitrogens with one attached hydrogen (secondary N) is 1. The molecule has 0 aliphatic rings. The van der Waals surface area contributed by atoms with Gasteiger partial charge in [0.05, 0.1) is 6.33 Å². The zero-order chi connectivity index (χ0) is 13.1. The van der Waals surface area contributed by atoms with Crippen LogP contribution >= 0.6 is 15.9 Å². The van der Waals surface area contributed by atoms with Crippen molar-refractivity contribution in [3.8, 4) is 0 Å². The fraction of sp³-hybridized carbons (Fsp3) is 0.308. The minimum Gasteiger partial charge on any atom is -0.398 e. The highest BCUT2D eigenvalue weighted by atomic mass is 79.9. The molecule has 1 aromatic heterocycles. The third kappa shape index (κ3) is 3.04. The normalized spacial score (nSPS) is 12.4. The molecule has 0 aliphatic carbocycles. The number of imidazole rings is 1. The topological polar surface area (TPSA) is 55.9 Å². The van der Waals surface area contributed by atoms with Crippen LogP contribution in [0.1, 0.15) is 12.5 Å². The molecule has 0 amide bonds. The standard InChI is InChI=1S/C13H17BrN4/c1-9-5-13(11(14)6-12(9)15)17-10(2)7-18-4-3-16-8-18/h3-6,8,10,17H,7,15H2,1-2H3. The molecule has 1 heterocycles. The van der Waals surface area contributed by atoms with Crippen LogP contribution in [-0.4, -0.2) is 15.6 Å². The molecule has 1 unspecified atom stereocenters. The molecular formula is C13H17BrN4. The first-order chi connectivity index (χ1) is 8.56. The number of hydrogen-bond donors (Lipinski definition) is 2. The number of rotatable bonds is 4. The zero-order valence-corrected chi connectivity index (χ0v) is 12.1. The number of benzene rings is 1. The highest BCUT2D eigenvalue weighted by Gasteiger charge is 2.07. The average molecular weight is 309 g/mol. The summed E-state index contributed by atoms with van der Waals surface area (Å²) < 4.78 is 3.04. The summed E-state index contributed by atoms with van der Waals surface area (Å²) in [5.41, 5.74) is 8.80. The number of anilines is 2. The van der Waals surface area contributed by atoms with Gasteiger partial charge in [-0.1, -0.05) is 0 Å². The van der Waals surface area contributed by atoms with Gasteiger partial charge in [0.1, 0.15) is 0 Å². The summed E-state index contributed by atoms with van der Waals surface area (Å²) in [5.74, 6) is 0. The van der Waals surface area contributed by atoms with E-state index in [1.165, 1.54) is 0 Å². The largest absolute Gasteiger partial charge is 0.398 e. The SMILES string of the molecule is Cc1cc(NC(C)Cn2ccnc2)c(Br)cc1N. The molecule has 0 bridgehead atoms. The number of nitrogens with two attached hydrogens (primary N) is 1. The van der Waals surface area contributed by atoms with Crippen molar-refractivity contribution in [3.05, 3.63) is 40.9 Å². The first-order valence-electron chi connectivity index (χ1n) is 5.84. The summed E-state index contributed by atoms with van der Waals surface area (Å²) in [7, 11) is 0. The van der Waals surface area contributed by atoms with Crippen molar-refractivity contribution in [2.45, 2.75) is 26.4 Å². The third-order valence-electron chi connectivity index (χ3n) is 2.80. The lowest BCUT2D eigenvalue weighted by Crippen LogP contribution is -2.21. The van der Waals surface area contributed by atoms with Gasteiger partial charge in [0.2, 0.25) is 0 Å². The molecule has 0 spiro atoms. The molecule has 18 heavy (non-hydrogen) atoms. The van der Waals surface area contributed by atoms with E-state index in [4.69, 9.17) is 5.73 Å². The quantitative estimate of drug-likeness (QED) is 0.854. The van der Waals surface area contributed by atoms with Crippen molar-refractivity contribution in [3.63, 3.8) is 0 Å². The van der Waals surface area contributed by atoms with Crippen molar-refractivity contribution in [1.82, 2.24) is 9.55 Å². The van der Waals surface area contributed by atoms with E-state index in [1.54, 1.807) is 6.20 Å². The van der Waals surface area contributed by atoms with Crippen molar-refractivity contribution in [2.24, 2.45) is 0 Å². The van der Waals surface area contributed by atoms with Crippen molar-refractivity contribution in [2.75, 3.05) is 11.1 Å². The zero-order valence-electron chi connectivity index (χ0n) is 10.5. The van der Waals surface area contributed by atoms with Gasteiger partial charge in [-0.05, 0) is 47.5 Å². The maximum Gasteiger partial charge on any atom is 0.0946 e. The Morgan fingerprint density at radius 3 is 2.94 bits per heavy atom. The lowest BCUT2D eigenvalue weighted by atomic mass is 10.1. The molecule has 0 fully saturated rings. The van der Waals surface area contributed by atoms with Crippen LogP contribution in [0.2, 0.25) is 0 Å². The number of aromatic nitrogens is 2. The van der Waals surface area contributed by atoms with E-state index < -0.39 is 0 Å². The number of halogens is 1. The fourth-order valence-corrected chi connectivity index (χ4v) is 2.31. The number of nitrogens with zero attached hydrogens (tertiary/aromatic N) is 2. The van der Waals surface area contributed by atoms with Crippen LogP contribution in [0.25, 0.3) is 0 Å². The average Bonchev–Trinajstić information content (AvgIpc) is 2.78.